The summed E-state index contributed by atoms with van der Waals surface area (Å²) in [7, 11) is 0. The van der Waals surface area contributed by atoms with Crippen molar-refractivity contribution in [3.8, 4) is 0 Å². The van der Waals surface area contributed by atoms with Gasteiger partial charge in [-0.2, -0.15) is 0 Å². The minimum Gasteiger partial charge on any atom is -0.461 e. The van der Waals surface area contributed by atoms with Crippen LogP contribution in [0.2, 0.25) is 0 Å². The Kier molecular flexibility index (Phi) is 9.74. The van der Waals surface area contributed by atoms with Gasteiger partial charge < -0.3 is 4.74 Å². The number of carbonyl (C=O) groups is 2. The van der Waals surface area contributed by atoms with E-state index in [2.05, 4.69) is 37.8 Å². The van der Waals surface area contributed by atoms with E-state index in [1.807, 2.05) is 18.2 Å². The molecule has 1 aromatic carbocycles. The van der Waals surface area contributed by atoms with Gasteiger partial charge >= 0.3 is 5.97 Å². The Morgan fingerprint density at radius 1 is 1.18 bits per heavy atom. The zero-order valence-corrected chi connectivity index (χ0v) is 17.1. The third-order valence-electron chi connectivity index (χ3n) is 5.47. The van der Waals surface area contributed by atoms with Crippen LogP contribution in [0.5, 0.6) is 0 Å². The van der Waals surface area contributed by atoms with E-state index in [4.69, 9.17) is 4.74 Å². The first-order valence-corrected chi connectivity index (χ1v) is 10.7. The van der Waals surface area contributed by atoms with Crippen molar-refractivity contribution in [2.75, 3.05) is 0 Å². The second kappa shape index (κ2) is 12.3. The normalized spacial score (nSPS) is 20.6. The quantitative estimate of drug-likeness (QED) is 0.199. The second-order valence-electron chi connectivity index (χ2n) is 7.59. The molecule has 0 bridgehead atoms. The van der Waals surface area contributed by atoms with Gasteiger partial charge in [-0.25, -0.2) is 0 Å². The maximum Gasteiger partial charge on any atom is 0.317 e. The molecule has 1 fully saturated rings. The number of ketones is 1. The summed E-state index contributed by atoms with van der Waals surface area (Å²) in [6, 6.07) is 10.3. The summed E-state index contributed by atoms with van der Waals surface area (Å²) in [6.07, 6.45) is 13.2. The Bertz CT molecular complexity index is 647. The fourth-order valence-corrected chi connectivity index (χ4v) is 3.93. The molecule has 0 aromatic heterocycles. The lowest BCUT2D eigenvalue weighted by Gasteiger charge is -2.32. The molecule has 2 rings (SSSR count). The molecule has 0 aliphatic heterocycles. The predicted molar refractivity (Wildman–Crippen MR) is 114 cm³/mol. The monoisotopic (exact) mass is 382 g/mol. The standard InChI is InChI=1S/C25H34O3/c1-3-5-6-7-11-18-23(26)22(14-4-2)25(27)28-24-19-13-12-17-21(24)20-15-9-8-10-16-20/h4-6,8-10,15-16,21-22,24H,2-3,7,11-14,17-19H2,1H3/b6-5+. The van der Waals surface area contributed by atoms with E-state index in [1.54, 1.807) is 6.08 Å². The maximum atomic E-state index is 12.9. The smallest absolute Gasteiger partial charge is 0.317 e. The lowest BCUT2D eigenvalue weighted by atomic mass is 9.81. The highest BCUT2D eigenvalue weighted by Crippen LogP contribution is 2.35. The summed E-state index contributed by atoms with van der Waals surface area (Å²) in [5, 5.41) is 0. The van der Waals surface area contributed by atoms with Gasteiger partial charge in [-0.1, -0.05) is 61.9 Å². The van der Waals surface area contributed by atoms with Gasteiger partial charge in [-0.05, 0) is 50.5 Å². The zero-order valence-electron chi connectivity index (χ0n) is 17.1. The molecule has 28 heavy (non-hydrogen) atoms. The zero-order chi connectivity index (χ0) is 20.2. The highest BCUT2D eigenvalue weighted by molar-refractivity contribution is 5.99. The molecule has 0 spiro atoms. The van der Waals surface area contributed by atoms with E-state index in [0.717, 1.165) is 44.9 Å². The minimum absolute atomic E-state index is 0.0260. The Labute approximate surface area is 169 Å². The first-order chi connectivity index (χ1) is 13.7. The largest absolute Gasteiger partial charge is 0.461 e. The van der Waals surface area contributed by atoms with E-state index >= 15 is 0 Å². The van der Waals surface area contributed by atoms with Gasteiger partial charge in [0.05, 0.1) is 0 Å². The highest BCUT2D eigenvalue weighted by Gasteiger charge is 2.33. The number of allylic oxidation sites excluding steroid dienone is 3. The second-order valence-corrected chi connectivity index (χ2v) is 7.59. The summed E-state index contributed by atoms with van der Waals surface area (Å²) in [5.41, 5.74) is 1.22. The molecule has 0 N–H and O–H groups in total. The summed E-state index contributed by atoms with van der Waals surface area (Å²) in [5.74, 6) is -0.896. The molecule has 0 saturated heterocycles. The van der Waals surface area contributed by atoms with Crippen LogP contribution in [0.1, 0.15) is 76.2 Å². The third-order valence-corrected chi connectivity index (χ3v) is 5.47. The van der Waals surface area contributed by atoms with Gasteiger partial charge in [-0.3, -0.25) is 9.59 Å². The van der Waals surface area contributed by atoms with Crippen LogP contribution in [0.3, 0.4) is 0 Å². The number of rotatable bonds is 11. The fraction of sp³-hybridized carbons (Fsp3) is 0.520. The number of ether oxygens (including phenoxy) is 1. The van der Waals surface area contributed by atoms with Crippen LogP contribution >= 0.6 is 0 Å². The van der Waals surface area contributed by atoms with Gasteiger partial charge in [0.15, 0.2) is 0 Å². The lowest BCUT2D eigenvalue weighted by molar-refractivity contribution is -0.159. The van der Waals surface area contributed by atoms with E-state index < -0.39 is 5.92 Å². The van der Waals surface area contributed by atoms with E-state index in [9.17, 15) is 9.59 Å². The van der Waals surface area contributed by atoms with Gasteiger partial charge in [0.25, 0.3) is 0 Å². The van der Waals surface area contributed by atoms with Crippen molar-refractivity contribution in [3.63, 3.8) is 0 Å². The van der Waals surface area contributed by atoms with E-state index in [-0.39, 0.29) is 23.8 Å². The molecule has 3 unspecified atom stereocenters. The molecule has 0 amide bonds. The molecular formula is C25H34O3. The molecule has 3 heteroatoms. The van der Waals surface area contributed by atoms with E-state index in [0.29, 0.717) is 12.8 Å². The summed E-state index contributed by atoms with van der Waals surface area (Å²) in [6.45, 7) is 5.81. The number of esters is 1. The lowest BCUT2D eigenvalue weighted by Crippen LogP contribution is -2.34. The summed E-state index contributed by atoms with van der Waals surface area (Å²) < 4.78 is 5.92. The number of unbranched alkanes of at least 4 members (excludes halogenated alkanes) is 1. The number of carbonyl (C=O) groups excluding carboxylic acids is 2. The van der Waals surface area contributed by atoms with Crippen molar-refractivity contribution in [1.29, 1.82) is 0 Å². The van der Waals surface area contributed by atoms with Crippen LogP contribution in [-0.4, -0.2) is 17.9 Å². The molecule has 1 aliphatic carbocycles. The van der Waals surface area contributed by atoms with Crippen molar-refractivity contribution in [2.45, 2.75) is 76.7 Å². The van der Waals surface area contributed by atoms with Crippen LogP contribution in [0, 0.1) is 5.92 Å². The summed E-state index contributed by atoms with van der Waals surface area (Å²) in [4.78, 5) is 25.5. The molecule has 152 valence electrons. The van der Waals surface area contributed by atoms with Crippen molar-refractivity contribution >= 4 is 11.8 Å². The van der Waals surface area contributed by atoms with Crippen molar-refractivity contribution in [2.24, 2.45) is 5.92 Å². The SMILES string of the molecule is C=CCC(C(=O)CCC/C=C/CC)C(=O)OC1CCCCC1c1ccccc1. The molecule has 1 aliphatic rings. The molecule has 1 aromatic rings. The molecular weight excluding hydrogens is 348 g/mol. The van der Waals surface area contributed by atoms with Crippen molar-refractivity contribution in [1.82, 2.24) is 0 Å². The number of hydrogen-bond donors (Lipinski definition) is 0. The number of benzene rings is 1. The maximum absolute atomic E-state index is 12.9. The van der Waals surface area contributed by atoms with Crippen LogP contribution < -0.4 is 0 Å². The average Bonchev–Trinajstić information content (AvgIpc) is 2.72. The van der Waals surface area contributed by atoms with Crippen molar-refractivity contribution in [3.05, 3.63) is 60.7 Å². The number of hydrogen-bond acceptors (Lipinski definition) is 3. The molecule has 3 atom stereocenters. The molecule has 1 saturated carbocycles. The van der Waals surface area contributed by atoms with Gasteiger partial charge in [0, 0.05) is 12.3 Å². The Morgan fingerprint density at radius 2 is 1.93 bits per heavy atom. The first kappa shape index (κ1) is 22.1. The fourth-order valence-electron chi connectivity index (χ4n) is 3.93. The van der Waals surface area contributed by atoms with Crippen LogP contribution in [0.25, 0.3) is 0 Å². The van der Waals surface area contributed by atoms with Crippen LogP contribution in [0.15, 0.2) is 55.1 Å². The van der Waals surface area contributed by atoms with Crippen LogP contribution in [0.4, 0.5) is 0 Å². The highest BCUT2D eigenvalue weighted by atomic mass is 16.5. The van der Waals surface area contributed by atoms with Gasteiger partial charge in [-0.15, -0.1) is 6.58 Å². The molecule has 3 nitrogen and oxygen atoms in total. The minimum atomic E-state index is -0.717. The number of Topliss-reactive ketones (excluding diaryl/α,β-unsaturated/α-hetero) is 1. The Hall–Kier alpha value is -2.16. The molecule has 0 radical (unpaired) electrons. The average molecular weight is 383 g/mol. The van der Waals surface area contributed by atoms with E-state index in [1.165, 1.54) is 5.56 Å². The topological polar surface area (TPSA) is 43.4 Å². The third kappa shape index (κ3) is 6.78. The van der Waals surface area contributed by atoms with Gasteiger partial charge in [0.2, 0.25) is 0 Å². The predicted octanol–water partition coefficient (Wildman–Crippen LogP) is 6.15. The van der Waals surface area contributed by atoms with Gasteiger partial charge in [0.1, 0.15) is 17.8 Å². The summed E-state index contributed by atoms with van der Waals surface area (Å²) >= 11 is 0. The molecule has 0 heterocycles. The van der Waals surface area contributed by atoms with Crippen molar-refractivity contribution < 1.29 is 14.3 Å². The Balaban J connectivity index is 1.98. The first-order valence-electron chi connectivity index (χ1n) is 10.7. The van der Waals surface area contributed by atoms with Crippen LogP contribution in [-0.2, 0) is 14.3 Å². The Morgan fingerprint density at radius 3 is 2.64 bits per heavy atom.